The predicted molar refractivity (Wildman–Crippen MR) is 101 cm³/mol. The summed E-state index contributed by atoms with van der Waals surface area (Å²) in [6.45, 7) is 0.374. The zero-order chi connectivity index (χ0) is 19.4. The van der Waals surface area contributed by atoms with Crippen LogP contribution >= 0.6 is 0 Å². The lowest BCUT2D eigenvalue weighted by Gasteiger charge is -2.18. The van der Waals surface area contributed by atoms with Crippen LogP contribution in [0.15, 0.2) is 54.6 Å². The van der Waals surface area contributed by atoms with E-state index < -0.39 is 27.9 Å². The Morgan fingerprint density at radius 2 is 1.85 bits per heavy atom. The molecule has 1 aliphatic heterocycles. The van der Waals surface area contributed by atoms with Gasteiger partial charge in [0.2, 0.25) is 10.0 Å². The van der Waals surface area contributed by atoms with Gasteiger partial charge >= 0.3 is 5.97 Å². The molecule has 1 heterocycles. The molecular weight excluding hydrogens is 368 g/mol. The number of sulfonamides is 1. The maximum Gasteiger partial charge on any atom is 0.326 e. The summed E-state index contributed by atoms with van der Waals surface area (Å²) in [6, 6.07) is 14.1. The van der Waals surface area contributed by atoms with E-state index in [1.165, 1.54) is 16.4 Å². The Hall–Kier alpha value is -2.87. The van der Waals surface area contributed by atoms with E-state index in [9.17, 15) is 23.1 Å². The Kier molecular flexibility index (Phi) is 5.46. The molecule has 7 nitrogen and oxygen atoms in total. The number of nitrogens with zero attached hydrogens (tertiary/aromatic N) is 1. The molecule has 142 valence electrons. The first-order chi connectivity index (χ1) is 12.9. The summed E-state index contributed by atoms with van der Waals surface area (Å²) < 4.78 is 25.4. The van der Waals surface area contributed by atoms with Crippen molar-refractivity contribution in [1.82, 2.24) is 5.32 Å². The van der Waals surface area contributed by atoms with Crippen LogP contribution in [0.4, 0.5) is 5.69 Å². The van der Waals surface area contributed by atoms with Crippen LogP contribution < -0.4 is 9.62 Å². The number of carbonyl (C=O) groups is 2. The molecule has 0 saturated carbocycles. The third-order valence-electron chi connectivity index (χ3n) is 4.38. The van der Waals surface area contributed by atoms with Crippen molar-refractivity contribution in [3.8, 4) is 0 Å². The van der Waals surface area contributed by atoms with Gasteiger partial charge in [-0.2, -0.15) is 0 Å². The largest absolute Gasteiger partial charge is 0.480 e. The Bertz CT molecular complexity index is 944. The summed E-state index contributed by atoms with van der Waals surface area (Å²) in [6.07, 6.45) is 0.693. The Morgan fingerprint density at radius 3 is 2.48 bits per heavy atom. The number of anilines is 1. The first kappa shape index (κ1) is 18.9. The quantitative estimate of drug-likeness (QED) is 0.783. The molecule has 0 aromatic heterocycles. The minimum Gasteiger partial charge on any atom is -0.480 e. The standard InChI is InChI=1S/C19H20N2O5S/c22-18(20-17(19(23)24)12-14-6-2-1-3-7-14)15-8-4-9-16(13-15)21-10-5-11-27(21,25)26/h1-4,6-9,13,17H,5,10-12H2,(H,20,22)(H,23,24). The lowest BCUT2D eigenvalue weighted by atomic mass is 10.1. The van der Waals surface area contributed by atoms with Crippen LogP contribution in [0.5, 0.6) is 0 Å². The number of carboxylic acids is 1. The fourth-order valence-corrected chi connectivity index (χ4v) is 4.58. The second-order valence-electron chi connectivity index (χ2n) is 6.35. The number of nitrogens with one attached hydrogen (secondary N) is 1. The topological polar surface area (TPSA) is 104 Å². The number of aliphatic carboxylic acids is 1. The second kappa shape index (κ2) is 7.79. The van der Waals surface area contributed by atoms with Crippen molar-refractivity contribution in [3.63, 3.8) is 0 Å². The predicted octanol–water partition coefficient (Wildman–Crippen LogP) is 1.65. The molecule has 0 bridgehead atoms. The Morgan fingerprint density at radius 1 is 1.11 bits per heavy atom. The van der Waals surface area contributed by atoms with Gasteiger partial charge in [-0.25, -0.2) is 13.2 Å². The van der Waals surface area contributed by atoms with Crippen molar-refractivity contribution < 1.29 is 23.1 Å². The summed E-state index contributed by atoms with van der Waals surface area (Å²) in [5, 5.41) is 11.9. The van der Waals surface area contributed by atoms with Crippen LogP contribution in [0.1, 0.15) is 22.3 Å². The van der Waals surface area contributed by atoms with Gasteiger partial charge in [-0.05, 0) is 30.2 Å². The molecule has 27 heavy (non-hydrogen) atoms. The molecule has 1 atom stereocenters. The number of rotatable bonds is 6. The van der Waals surface area contributed by atoms with Gasteiger partial charge in [-0.3, -0.25) is 9.10 Å². The molecule has 2 aromatic carbocycles. The summed E-state index contributed by atoms with van der Waals surface area (Å²) in [7, 11) is -3.35. The maximum atomic E-state index is 12.5. The van der Waals surface area contributed by atoms with Crippen molar-refractivity contribution in [2.45, 2.75) is 18.9 Å². The van der Waals surface area contributed by atoms with Gasteiger partial charge in [0.1, 0.15) is 6.04 Å². The highest BCUT2D eigenvalue weighted by molar-refractivity contribution is 7.93. The molecule has 3 rings (SSSR count). The molecule has 1 unspecified atom stereocenters. The minimum absolute atomic E-state index is 0.0849. The lowest BCUT2D eigenvalue weighted by molar-refractivity contribution is -0.139. The lowest BCUT2D eigenvalue weighted by Crippen LogP contribution is -2.42. The molecule has 1 aliphatic rings. The highest BCUT2D eigenvalue weighted by Gasteiger charge is 2.29. The molecule has 1 saturated heterocycles. The second-order valence-corrected chi connectivity index (χ2v) is 8.36. The Balaban J connectivity index is 1.76. The number of hydrogen-bond acceptors (Lipinski definition) is 4. The van der Waals surface area contributed by atoms with Crippen molar-refractivity contribution in [2.75, 3.05) is 16.6 Å². The number of benzene rings is 2. The van der Waals surface area contributed by atoms with Gasteiger partial charge in [0, 0.05) is 18.5 Å². The SMILES string of the molecule is O=C(NC(Cc1ccccc1)C(=O)O)c1cccc(N2CCCS2(=O)=O)c1. The summed E-state index contributed by atoms with van der Waals surface area (Å²) in [5.74, 6) is -1.61. The highest BCUT2D eigenvalue weighted by atomic mass is 32.2. The monoisotopic (exact) mass is 388 g/mol. The van der Waals surface area contributed by atoms with Crippen LogP contribution in [0.25, 0.3) is 0 Å². The summed E-state index contributed by atoms with van der Waals surface area (Å²) in [4.78, 5) is 24.1. The molecule has 1 amide bonds. The van der Waals surface area contributed by atoms with Crippen LogP contribution in [-0.4, -0.2) is 43.7 Å². The molecule has 8 heteroatoms. The van der Waals surface area contributed by atoms with Crippen molar-refractivity contribution in [1.29, 1.82) is 0 Å². The van der Waals surface area contributed by atoms with Crippen molar-refractivity contribution >= 4 is 27.6 Å². The Labute approximate surface area is 157 Å². The fraction of sp³-hybridized carbons (Fsp3) is 0.263. The first-order valence-corrected chi connectivity index (χ1v) is 10.2. The van der Waals surface area contributed by atoms with Gasteiger partial charge in [-0.1, -0.05) is 36.4 Å². The van der Waals surface area contributed by atoms with Gasteiger partial charge in [0.15, 0.2) is 0 Å². The van der Waals surface area contributed by atoms with Gasteiger partial charge in [0.25, 0.3) is 5.91 Å². The normalized spacial score (nSPS) is 16.7. The third-order valence-corrected chi connectivity index (χ3v) is 6.25. The van der Waals surface area contributed by atoms with E-state index in [0.29, 0.717) is 18.7 Å². The van der Waals surface area contributed by atoms with Crippen LogP contribution in [0.2, 0.25) is 0 Å². The van der Waals surface area contributed by atoms with Crippen molar-refractivity contribution in [3.05, 3.63) is 65.7 Å². The van der Waals surface area contributed by atoms with Gasteiger partial charge < -0.3 is 10.4 Å². The van der Waals surface area contributed by atoms with Gasteiger partial charge in [-0.15, -0.1) is 0 Å². The van der Waals surface area contributed by atoms with E-state index in [2.05, 4.69) is 5.32 Å². The van der Waals surface area contributed by atoms with Crippen molar-refractivity contribution in [2.24, 2.45) is 0 Å². The van der Waals surface area contributed by atoms with E-state index in [1.54, 1.807) is 36.4 Å². The first-order valence-electron chi connectivity index (χ1n) is 8.55. The van der Waals surface area contributed by atoms with E-state index in [4.69, 9.17) is 0 Å². The summed E-state index contributed by atoms with van der Waals surface area (Å²) >= 11 is 0. The molecule has 0 spiro atoms. The molecule has 2 N–H and O–H groups in total. The zero-order valence-electron chi connectivity index (χ0n) is 14.5. The maximum absolute atomic E-state index is 12.5. The van der Waals surface area contributed by atoms with Crippen LogP contribution in [-0.2, 0) is 21.2 Å². The third kappa shape index (κ3) is 4.46. The molecule has 0 radical (unpaired) electrons. The van der Waals surface area contributed by atoms with Gasteiger partial charge in [0.05, 0.1) is 11.4 Å². The average Bonchev–Trinajstić information content (AvgIpc) is 3.01. The smallest absolute Gasteiger partial charge is 0.326 e. The average molecular weight is 388 g/mol. The number of hydrogen-bond donors (Lipinski definition) is 2. The molecule has 0 aliphatic carbocycles. The summed E-state index contributed by atoms with van der Waals surface area (Å²) in [5.41, 5.74) is 1.42. The minimum atomic E-state index is -3.35. The number of amides is 1. The van der Waals surface area contributed by atoms with E-state index >= 15 is 0 Å². The number of carbonyl (C=O) groups excluding carboxylic acids is 1. The fourth-order valence-electron chi connectivity index (χ4n) is 3.02. The zero-order valence-corrected chi connectivity index (χ0v) is 15.4. The van der Waals surface area contributed by atoms with E-state index in [0.717, 1.165) is 5.56 Å². The highest BCUT2D eigenvalue weighted by Crippen LogP contribution is 2.24. The van der Waals surface area contributed by atoms with E-state index in [-0.39, 0.29) is 17.7 Å². The van der Waals surface area contributed by atoms with E-state index in [1.807, 2.05) is 6.07 Å². The molecular formula is C19H20N2O5S. The van der Waals surface area contributed by atoms with Crippen LogP contribution in [0.3, 0.4) is 0 Å². The molecule has 1 fully saturated rings. The van der Waals surface area contributed by atoms with Crippen LogP contribution in [0, 0.1) is 0 Å². The number of carboxylic acid groups (broad SMARTS) is 1. The molecule has 2 aromatic rings.